The fourth-order valence-corrected chi connectivity index (χ4v) is 3.05. The number of anilines is 1. The Morgan fingerprint density at radius 3 is 2.29 bits per heavy atom. The summed E-state index contributed by atoms with van der Waals surface area (Å²) in [6.45, 7) is 7.47. The molecule has 3 heteroatoms. The van der Waals surface area contributed by atoms with Crippen LogP contribution in [0.4, 0.5) is 5.69 Å². The SMILES string of the molecule is CCc1cccc(CC)c1NC(=O)CCN1CCCCC1. The van der Waals surface area contributed by atoms with Crippen LogP contribution in [0.3, 0.4) is 0 Å². The van der Waals surface area contributed by atoms with Crippen molar-refractivity contribution in [3.05, 3.63) is 29.3 Å². The molecule has 0 unspecified atom stereocenters. The van der Waals surface area contributed by atoms with Crippen molar-refractivity contribution < 1.29 is 4.79 Å². The van der Waals surface area contributed by atoms with Crippen molar-refractivity contribution in [3.8, 4) is 0 Å². The van der Waals surface area contributed by atoms with Crippen LogP contribution >= 0.6 is 0 Å². The van der Waals surface area contributed by atoms with E-state index in [1.807, 2.05) is 0 Å². The first-order valence-corrected chi connectivity index (χ1v) is 8.37. The average molecular weight is 288 g/mol. The van der Waals surface area contributed by atoms with E-state index >= 15 is 0 Å². The minimum absolute atomic E-state index is 0.149. The summed E-state index contributed by atoms with van der Waals surface area (Å²) in [5.74, 6) is 0.149. The van der Waals surface area contributed by atoms with Gasteiger partial charge in [0, 0.05) is 18.7 Å². The van der Waals surface area contributed by atoms with Gasteiger partial charge in [-0.25, -0.2) is 0 Å². The number of benzene rings is 1. The summed E-state index contributed by atoms with van der Waals surface area (Å²) in [6.07, 6.45) is 6.40. The van der Waals surface area contributed by atoms with Crippen LogP contribution in [0.5, 0.6) is 0 Å². The van der Waals surface area contributed by atoms with Crippen LogP contribution in [0.1, 0.15) is 50.7 Å². The Hall–Kier alpha value is -1.35. The molecule has 1 aromatic carbocycles. The van der Waals surface area contributed by atoms with Crippen LogP contribution in [0.15, 0.2) is 18.2 Å². The molecule has 1 saturated heterocycles. The number of likely N-dealkylation sites (tertiary alicyclic amines) is 1. The van der Waals surface area contributed by atoms with E-state index in [9.17, 15) is 4.79 Å². The van der Waals surface area contributed by atoms with E-state index in [1.165, 1.54) is 30.4 Å². The van der Waals surface area contributed by atoms with Crippen LogP contribution in [-0.2, 0) is 17.6 Å². The Balaban J connectivity index is 1.92. The maximum absolute atomic E-state index is 12.3. The van der Waals surface area contributed by atoms with Crippen molar-refractivity contribution in [1.82, 2.24) is 4.90 Å². The number of piperidine rings is 1. The van der Waals surface area contributed by atoms with Gasteiger partial charge in [0.05, 0.1) is 0 Å². The highest BCUT2D eigenvalue weighted by Gasteiger charge is 2.13. The molecule has 0 spiro atoms. The maximum Gasteiger partial charge on any atom is 0.225 e. The average Bonchev–Trinajstić information content (AvgIpc) is 2.54. The van der Waals surface area contributed by atoms with Crippen molar-refractivity contribution in [3.63, 3.8) is 0 Å². The zero-order chi connectivity index (χ0) is 15.1. The van der Waals surface area contributed by atoms with E-state index in [2.05, 4.69) is 42.3 Å². The Kier molecular flexibility index (Phi) is 6.24. The molecule has 0 saturated carbocycles. The number of carbonyl (C=O) groups excluding carboxylic acids is 1. The Morgan fingerprint density at radius 1 is 1.10 bits per heavy atom. The minimum atomic E-state index is 0.149. The molecule has 1 N–H and O–H groups in total. The lowest BCUT2D eigenvalue weighted by molar-refractivity contribution is -0.116. The Bertz CT molecular complexity index is 442. The van der Waals surface area contributed by atoms with Gasteiger partial charge in [-0.05, 0) is 49.9 Å². The van der Waals surface area contributed by atoms with Gasteiger partial charge >= 0.3 is 0 Å². The number of carbonyl (C=O) groups is 1. The van der Waals surface area contributed by atoms with Crippen LogP contribution in [0.25, 0.3) is 0 Å². The number of nitrogens with one attached hydrogen (secondary N) is 1. The second kappa shape index (κ2) is 8.18. The molecule has 1 aliphatic rings. The minimum Gasteiger partial charge on any atom is -0.326 e. The standard InChI is InChI=1S/C18H28N2O/c1-3-15-9-8-10-16(4-2)18(15)19-17(21)11-14-20-12-6-5-7-13-20/h8-10H,3-7,11-14H2,1-2H3,(H,19,21). The molecule has 116 valence electrons. The van der Waals surface area contributed by atoms with Gasteiger partial charge in [0.15, 0.2) is 0 Å². The molecule has 0 radical (unpaired) electrons. The highest BCUT2D eigenvalue weighted by molar-refractivity contribution is 5.92. The predicted molar refractivity (Wildman–Crippen MR) is 88.7 cm³/mol. The van der Waals surface area contributed by atoms with Crippen LogP contribution in [-0.4, -0.2) is 30.4 Å². The first-order chi connectivity index (χ1) is 10.2. The molecule has 1 aliphatic heterocycles. The van der Waals surface area contributed by atoms with Gasteiger partial charge in [-0.2, -0.15) is 0 Å². The molecule has 1 aromatic rings. The molecule has 0 atom stereocenters. The predicted octanol–water partition coefficient (Wildman–Crippen LogP) is 3.63. The number of amides is 1. The molecular weight excluding hydrogens is 260 g/mol. The molecular formula is C18H28N2O. The highest BCUT2D eigenvalue weighted by Crippen LogP contribution is 2.22. The molecule has 1 heterocycles. The number of hydrogen-bond donors (Lipinski definition) is 1. The lowest BCUT2D eigenvalue weighted by atomic mass is 10.0. The fourth-order valence-electron chi connectivity index (χ4n) is 3.05. The quantitative estimate of drug-likeness (QED) is 0.867. The topological polar surface area (TPSA) is 32.3 Å². The van der Waals surface area contributed by atoms with Crippen molar-refractivity contribution >= 4 is 11.6 Å². The largest absolute Gasteiger partial charge is 0.326 e. The van der Waals surface area contributed by atoms with Gasteiger partial charge in [-0.15, -0.1) is 0 Å². The van der Waals surface area contributed by atoms with Gasteiger partial charge in [0.25, 0.3) is 0 Å². The van der Waals surface area contributed by atoms with Crippen LogP contribution < -0.4 is 5.32 Å². The fraction of sp³-hybridized carbons (Fsp3) is 0.611. The van der Waals surface area contributed by atoms with E-state index in [0.717, 1.165) is 38.2 Å². The smallest absolute Gasteiger partial charge is 0.225 e. The summed E-state index contributed by atoms with van der Waals surface area (Å²) >= 11 is 0. The van der Waals surface area contributed by atoms with Crippen molar-refractivity contribution in [1.29, 1.82) is 0 Å². The molecule has 0 aliphatic carbocycles. The summed E-state index contributed by atoms with van der Waals surface area (Å²) in [7, 11) is 0. The van der Waals surface area contributed by atoms with E-state index < -0.39 is 0 Å². The molecule has 3 nitrogen and oxygen atoms in total. The number of nitrogens with zero attached hydrogens (tertiary/aromatic N) is 1. The van der Waals surface area contributed by atoms with E-state index in [-0.39, 0.29) is 5.91 Å². The van der Waals surface area contributed by atoms with Crippen molar-refractivity contribution in [2.45, 2.75) is 52.4 Å². The molecule has 21 heavy (non-hydrogen) atoms. The summed E-state index contributed by atoms with van der Waals surface area (Å²) in [6, 6.07) is 6.31. The number of aryl methyl sites for hydroxylation is 2. The van der Waals surface area contributed by atoms with Crippen LogP contribution in [0, 0.1) is 0 Å². The maximum atomic E-state index is 12.3. The van der Waals surface area contributed by atoms with Gasteiger partial charge in [0.2, 0.25) is 5.91 Å². The van der Waals surface area contributed by atoms with Crippen LogP contribution in [0.2, 0.25) is 0 Å². The third kappa shape index (κ3) is 4.57. The second-order valence-electron chi connectivity index (χ2n) is 5.86. The van der Waals surface area contributed by atoms with E-state index in [0.29, 0.717) is 6.42 Å². The number of hydrogen-bond acceptors (Lipinski definition) is 2. The van der Waals surface area contributed by atoms with Gasteiger partial charge < -0.3 is 10.2 Å². The number of para-hydroxylation sites is 1. The molecule has 1 amide bonds. The first kappa shape index (κ1) is 16.0. The molecule has 0 bridgehead atoms. The van der Waals surface area contributed by atoms with Gasteiger partial charge in [-0.1, -0.05) is 38.5 Å². The summed E-state index contributed by atoms with van der Waals surface area (Å²) in [5.41, 5.74) is 3.52. The zero-order valence-electron chi connectivity index (χ0n) is 13.5. The second-order valence-corrected chi connectivity index (χ2v) is 5.86. The number of rotatable bonds is 6. The molecule has 2 rings (SSSR count). The van der Waals surface area contributed by atoms with Gasteiger partial charge in [0.1, 0.15) is 0 Å². The first-order valence-electron chi connectivity index (χ1n) is 8.37. The van der Waals surface area contributed by atoms with Crippen molar-refractivity contribution in [2.24, 2.45) is 0 Å². The summed E-state index contributed by atoms with van der Waals surface area (Å²) in [4.78, 5) is 14.7. The lowest BCUT2D eigenvalue weighted by Gasteiger charge is -2.26. The lowest BCUT2D eigenvalue weighted by Crippen LogP contribution is -2.32. The molecule has 0 aromatic heterocycles. The van der Waals surface area contributed by atoms with E-state index in [1.54, 1.807) is 0 Å². The third-order valence-electron chi connectivity index (χ3n) is 4.37. The van der Waals surface area contributed by atoms with E-state index in [4.69, 9.17) is 0 Å². The van der Waals surface area contributed by atoms with Crippen molar-refractivity contribution in [2.75, 3.05) is 25.0 Å². The summed E-state index contributed by atoms with van der Waals surface area (Å²) in [5, 5.41) is 3.15. The normalized spacial score (nSPS) is 15.9. The molecule has 1 fully saturated rings. The Morgan fingerprint density at radius 2 is 1.71 bits per heavy atom. The Labute approximate surface area is 128 Å². The monoisotopic (exact) mass is 288 g/mol. The highest BCUT2D eigenvalue weighted by atomic mass is 16.1. The summed E-state index contributed by atoms with van der Waals surface area (Å²) < 4.78 is 0. The third-order valence-corrected chi connectivity index (χ3v) is 4.37. The van der Waals surface area contributed by atoms with Gasteiger partial charge in [-0.3, -0.25) is 4.79 Å². The zero-order valence-corrected chi connectivity index (χ0v) is 13.5.